The summed E-state index contributed by atoms with van der Waals surface area (Å²) >= 11 is 1.63. The summed E-state index contributed by atoms with van der Waals surface area (Å²) in [5, 5.41) is 2.00. The smallest absolute Gasteiger partial charge is 0.246 e. The molecular formula is C20H26N2O3S2. The summed E-state index contributed by atoms with van der Waals surface area (Å²) in [6, 6.07) is 10.6. The van der Waals surface area contributed by atoms with E-state index in [1.54, 1.807) is 46.6 Å². The minimum atomic E-state index is -3.46. The van der Waals surface area contributed by atoms with Gasteiger partial charge in [0, 0.05) is 30.6 Å². The standard InChI is InChI=1S/C20H26N2O3S2/c1-4-21(16-18-8-7-15-26-18)20(23)14-11-17-9-12-19(13-10-17)27(24,25)22(5-2)6-3/h7-15H,4-6,16H2,1-3H3/b14-11+. The summed E-state index contributed by atoms with van der Waals surface area (Å²) < 4.78 is 26.4. The summed E-state index contributed by atoms with van der Waals surface area (Å²) in [5.74, 6) is -0.0641. The van der Waals surface area contributed by atoms with Crippen molar-refractivity contribution in [2.24, 2.45) is 0 Å². The maximum absolute atomic E-state index is 12.5. The van der Waals surface area contributed by atoms with Crippen LogP contribution in [0.4, 0.5) is 0 Å². The lowest BCUT2D eigenvalue weighted by Gasteiger charge is -2.18. The first-order valence-electron chi connectivity index (χ1n) is 9.01. The van der Waals surface area contributed by atoms with Crippen LogP contribution in [-0.2, 0) is 21.4 Å². The Morgan fingerprint density at radius 2 is 1.70 bits per heavy atom. The van der Waals surface area contributed by atoms with Crippen molar-refractivity contribution in [2.45, 2.75) is 32.2 Å². The van der Waals surface area contributed by atoms with Crippen molar-refractivity contribution in [3.63, 3.8) is 0 Å². The van der Waals surface area contributed by atoms with Gasteiger partial charge in [0.05, 0.1) is 11.4 Å². The molecule has 0 aliphatic rings. The summed E-state index contributed by atoms with van der Waals surface area (Å²) in [6.07, 6.45) is 3.25. The third kappa shape index (κ3) is 5.51. The van der Waals surface area contributed by atoms with E-state index in [1.165, 1.54) is 10.4 Å². The number of carbonyl (C=O) groups is 1. The number of amides is 1. The number of likely N-dealkylation sites (N-methyl/N-ethyl adjacent to an activating group) is 1. The minimum Gasteiger partial charge on any atom is -0.334 e. The molecule has 2 aromatic rings. The molecule has 0 fully saturated rings. The molecule has 0 saturated heterocycles. The van der Waals surface area contributed by atoms with Crippen molar-refractivity contribution in [2.75, 3.05) is 19.6 Å². The monoisotopic (exact) mass is 406 g/mol. The van der Waals surface area contributed by atoms with Gasteiger partial charge in [0.1, 0.15) is 0 Å². The van der Waals surface area contributed by atoms with E-state index in [2.05, 4.69) is 0 Å². The van der Waals surface area contributed by atoms with E-state index in [9.17, 15) is 13.2 Å². The molecule has 0 atom stereocenters. The van der Waals surface area contributed by atoms with Crippen LogP contribution in [0.3, 0.4) is 0 Å². The Bertz CT molecular complexity index is 853. The zero-order valence-corrected chi connectivity index (χ0v) is 17.6. The van der Waals surface area contributed by atoms with Crippen molar-refractivity contribution >= 4 is 33.3 Å². The highest BCUT2D eigenvalue weighted by Crippen LogP contribution is 2.17. The van der Waals surface area contributed by atoms with Crippen LogP contribution in [-0.4, -0.2) is 43.2 Å². The van der Waals surface area contributed by atoms with Crippen molar-refractivity contribution in [1.82, 2.24) is 9.21 Å². The molecule has 0 spiro atoms. The maximum Gasteiger partial charge on any atom is 0.246 e. The Morgan fingerprint density at radius 3 is 2.22 bits per heavy atom. The number of sulfonamides is 1. The van der Waals surface area contributed by atoms with Crippen LogP contribution >= 0.6 is 11.3 Å². The molecule has 7 heteroatoms. The summed E-state index contributed by atoms with van der Waals surface area (Å²) in [7, 11) is -3.46. The maximum atomic E-state index is 12.5. The third-order valence-electron chi connectivity index (χ3n) is 4.26. The van der Waals surface area contributed by atoms with E-state index in [4.69, 9.17) is 0 Å². The van der Waals surface area contributed by atoms with Crippen LogP contribution in [0.25, 0.3) is 6.08 Å². The minimum absolute atomic E-state index is 0.0641. The van der Waals surface area contributed by atoms with Gasteiger partial charge in [-0.25, -0.2) is 8.42 Å². The Hall–Kier alpha value is -1.96. The summed E-state index contributed by atoms with van der Waals surface area (Å²) in [5.41, 5.74) is 0.786. The highest BCUT2D eigenvalue weighted by molar-refractivity contribution is 7.89. The largest absolute Gasteiger partial charge is 0.334 e. The molecule has 0 unspecified atom stereocenters. The first-order chi connectivity index (χ1) is 12.9. The quantitative estimate of drug-likeness (QED) is 0.595. The van der Waals surface area contributed by atoms with Crippen molar-refractivity contribution in [3.8, 4) is 0 Å². The lowest BCUT2D eigenvalue weighted by molar-refractivity contribution is -0.126. The average Bonchev–Trinajstić information content (AvgIpc) is 3.18. The molecule has 1 aromatic carbocycles. The predicted octanol–water partition coefficient (Wildman–Crippen LogP) is 3.84. The highest BCUT2D eigenvalue weighted by atomic mass is 32.2. The Labute approximate surface area is 166 Å². The zero-order chi connectivity index (χ0) is 19.9. The first-order valence-corrected chi connectivity index (χ1v) is 11.3. The van der Waals surface area contributed by atoms with E-state index < -0.39 is 10.0 Å². The Morgan fingerprint density at radius 1 is 1.04 bits per heavy atom. The van der Waals surface area contributed by atoms with Crippen molar-refractivity contribution in [1.29, 1.82) is 0 Å². The number of rotatable bonds is 9. The van der Waals surface area contributed by atoms with Gasteiger partial charge < -0.3 is 4.90 Å². The van der Waals surface area contributed by atoms with E-state index in [0.29, 0.717) is 26.2 Å². The molecule has 1 amide bonds. The van der Waals surface area contributed by atoms with Crippen LogP contribution < -0.4 is 0 Å². The Kier molecular flexibility index (Phi) is 7.77. The molecular weight excluding hydrogens is 380 g/mol. The number of benzene rings is 1. The second kappa shape index (κ2) is 9.82. The molecule has 5 nitrogen and oxygen atoms in total. The predicted molar refractivity (Wildman–Crippen MR) is 111 cm³/mol. The third-order valence-corrected chi connectivity index (χ3v) is 7.19. The summed E-state index contributed by atoms with van der Waals surface area (Å²) in [4.78, 5) is 15.6. The molecule has 2 rings (SSSR count). The molecule has 1 heterocycles. The normalized spacial score (nSPS) is 12.0. The van der Waals surface area contributed by atoms with Crippen LogP contribution in [0.1, 0.15) is 31.2 Å². The fourth-order valence-corrected chi connectivity index (χ4v) is 4.85. The van der Waals surface area contributed by atoms with E-state index >= 15 is 0 Å². The van der Waals surface area contributed by atoms with Gasteiger partial charge >= 0.3 is 0 Å². The second-order valence-electron chi connectivity index (χ2n) is 5.92. The van der Waals surface area contributed by atoms with Gasteiger partial charge in [0.15, 0.2) is 0 Å². The van der Waals surface area contributed by atoms with Gasteiger partial charge in [-0.15, -0.1) is 11.3 Å². The zero-order valence-electron chi connectivity index (χ0n) is 16.0. The van der Waals surface area contributed by atoms with Gasteiger partial charge in [-0.2, -0.15) is 4.31 Å². The molecule has 0 bridgehead atoms. The lowest BCUT2D eigenvalue weighted by Crippen LogP contribution is -2.30. The highest BCUT2D eigenvalue weighted by Gasteiger charge is 2.21. The van der Waals surface area contributed by atoms with Gasteiger partial charge in [0.2, 0.25) is 15.9 Å². The number of hydrogen-bond acceptors (Lipinski definition) is 4. The van der Waals surface area contributed by atoms with Crippen molar-refractivity contribution in [3.05, 3.63) is 58.3 Å². The van der Waals surface area contributed by atoms with Gasteiger partial charge in [-0.3, -0.25) is 4.79 Å². The molecule has 0 radical (unpaired) electrons. The van der Waals surface area contributed by atoms with Crippen LogP contribution in [0.5, 0.6) is 0 Å². The topological polar surface area (TPSA) is 57.7 Å². The fraction of sp³-hybridized carbons (Fsp3) is 0.350. The number of carbonyl (C=O) groups excluding carboxylic acids is 1. The number of hydrogen-bond donors (Lipinski definition) is 0. The van der Waals surface area contributed by atoms with Crippen molar-refractivity contribution < 1.29 is 13.2 Å². The molecule has 0 aliphatic heterocycles. The molecule has 146 valence electrons. The molecule has 1 aromatic heterocycles. The number of thiophene rings is 1. The fourth-order valence-electron chi connectivity index (χ4n) is 2.67. The first kappa shape index (κ1) is 21.3. The molecule has 0 saturated carbocycles. The summed E-state index contributed by atoms with van der Waals surface area (Å²) in [6.45, 7) is 7.68. The SMILES string of the molecule is CCN(Cc1cccs1)C(=O)/C=C/c1ccc(S(=O)(=O)N(CC)CC)cc1. The van der Waals surface area contributed by atoms with Crippen LogP contribution in [0, 0.1) is 0 Å². The molecule has 0 aliphatic carbocycles. The number of nitrogens with zero attached hydrogens (tertiary/aromatic N) is 2. The van der Waals surface area contributed by atoms with Crippen LogP contribution in [0.2, 0.25) is 0 Å². The van der Waals surface area contributed by atoms with Gasteiger partial charge in [0.25, 0.3) is 0 Å². The molecule has 0 N–H and O–H groups in total. The van der Waals surface area contributed by atoms with Crippen LogP contribution in [0.15, 0.2) is 52.7 Å². The average molecular weight is 407 g/mol. The Balaban J connectivity index is 2.07. The lowest BCUT2D eigenvalue weighted by atomic mass is 10.2. The second-order valence-corrected chi connectivity index (χ2v) is 8.89. The van der Waals surface area contributed by atoms with E-state index in [1.807, 2.05) is 38.3 Å². The van der Waals surface area contributed by atoms with E-state index in [0.717, 1.165) is 10.4 Å². The molecule has 27 heavy (non-hydrogen) atoms. The van der Waals surface area contributed by atoms with E-state index in [-0.39, 0.29) is 10.8 Å². The van der Waals surface area contributed by atoms with Gasteiger partial charge in [-0.05, 0) is 42.1 Å². The van der Waals surface area contributed by atoms with Gasteiger partial charge in [-0.1, -0.05) is 32.0 Å².